The number of aromatic amines is 1. The molecule has 1 saturated heterocycles. The number of hydrogen-bond donors (Lipinski definition) is 1. The first kappa shape index (κ1) is 22.4. The first-order valence-corrected chi connectivity index (χ1v) is 13.1. The number of halogens is 1. The number of amidine groups is 1. The molecule has 178 valence electrons. The molecule has 0 saturated carbocycles. The van der Waals surface area contributed by atoms with Gasteiger partial charge in [-0.3, -0.25) is 0 Å². The third-order valence-corrected chi connectivity index (χ3v) is 8.06. The van der Waals surface area contributed by atoms with Crippen LogP contribution in [0.4, 0.5) is 15.9 Å². The number of piperazine rings is 1. The number of quaternary nitrogens is 1. The number of H-pyrrole nitrogens is 1. The molecule has 0 aliphatic carbocycles. The fourth-order valence-electron chi connectivity index (χ4n) is 5.13. The second-order valence-electron chi connectivity index (χ2n) is 9.44. The van der Waals surface area contributed by atoms with E-state index in [1.54, 1.807) is 18.6 Å². The Morgan fingerprint density at radius 1 is 1.09 bits per heavy atom. The molecule has 0 radical (unpaired) electrons. The van der Waals surface area contributed by atoms with Gasteiger partial charge in [-0.15, -0.1) is 0 Å². The van der Waals surface area contributed by atoms with E-state index < -0.39 is 0 Å². The number of nitrogens with one attached hydrogen (secondary N) is 1. The van der Waals surface area contributed by atoms with Crippen LogP contribution in [0.2, 0.25) is 0 Å². The van der Waals surface area contributed by atoms with Gasteiger partial charge in [0.05, 0.1) is 0 Å². The quantitative estimate of drug-likeness (QED) is 0.317. The average Bonchev–Trinajstić information content (AvgIpc) is 3.54. The SMILES string of the molecule is CC(C)N1CCN(c2ccc([N+]34C=CN=C3C([AsH2])=CC(c3ccc5cn[nH]c5c3)=C4F)nc2)CC1. The first-order valence-electron chi connectivity index (χ1n) is 11.9. The van der Waals surface area contributed by atoms with E-state index >= 15 is 4.39 Å². The standard InChI is InChI=1S/C26H28AsFN7/c1-17(2)33-8-10-34(11-9-33)20-5-6-24(30-16-20)35-12-7-29-26(35)22(27)14-21(25(35)28)18-3-4-19-15-31-32-23(19)13-18/h3-7,12-17H,8-11,27H2,1-2H3,(H,31,32)/q+1. The van der Waals surface area contributed by atoms with Gasteiger partial charge in [0.2, 0.25) is 0 Å². The van der Waals surface area contributed by atoms with Gasteiger partial charge in [-0.25, -0.2) is 0 Å². The topological polar surface area (TPSA) is 60.4 Å². The van der Waals surface area contributed by atoms with Crippen molar-refractivity contribution in [1.82, 2.24) is 24.6 Å². The van der Waals surface area contributed by atoms with Gasteiger partial charge < -0.3 is 0 Å². The molecule has 9 heteroatoms. The number of rotatable bonds is 4. The summed E-state index contributed by atoms with van der Waals surface area (Å²) in [6, 6.07) is 10.4. The molecule has 5 heterocycles. The van der Waals surface area contributed by atoms with Gasteiger partial charge in [-0.2, -0.15) is 0 Å². The van der Waals surface area contributed by atoms with Crippen LogP contribution < -0.4 is 9.38 Å². The maximum atomic E-state index is 16.5. The van der Waals surface area contributed by atoms with Gasteiger partial charge in [0, 0.05) is 0 Å². The molecular formula is C26H28AsFN7+. The molecule has 0 bridgehead atoms. The van der Waals surface area contributed by atoms with Crippen molar-refractivity contribution in [3.05, 3.63) is 77.1 Å². The Morgan fingerprint density at radius 3 is 2.66 bits per heavy atom. The van der Waals surface area contributed by atoms with Crippen LogP contribution >= 0.6 is 0 Å². The van der Waals surface area contributed by atoms with Gasteiger partial charge >= 0.3 is 199 Å². The number of benzene rings is 1. The van der Waals surface area contributed by atoms with E-state index in [2.05, 4.69) is 44.9 Å². The molecule has 6 rings (SSSR count). The Bertz CT molecular complexity index is 1410. The van der Waals surface area contributed by atoms with E-state index in [1.807, 2.05) is 36.5 Å². The zero-order chi connectivity index (χ0) is 24.2. The van der Waals surface area contributed by atoms with Crippen LogP contribution in [0.25, 0.3) is 16.5 Å². The van der Waals surface area contributed by atoms with Gasteiger partial charge in [0.1, 0.15) is 0 Å². The maximum absolute atomic E-state index is 16.5. The van der Waals surface area contributed by atoms with Crippen LogP contribution in [0.15, 0.2) is 76.5 Å². The molecule has 3 aromatic rings. The fourth-order valence-corrected chi connectivity index (χ4v) is 6.07. The Morgan fingerprint density at radius 2 is 1.91 bits per heavy atom. The predicted octanol–water partition coefficient (Wildman–Crippen LogP) is 3.55. The van der Waals surface area contributed by atoms with E-state index in [0.717, 1.165) is 52.7 Å². The van der Waals surface area contributed by atoms with Gasteiger partial charge in [-0.05, 0) is 13.8 Å². The Kier molecular flexibility index (Phi) is 5.48. The summed E-state index contributed by atoms with van der Waals surface area (Å²) in [7, 11) is 0. The fraction of sp³-hybridized carbons (Fsp3) is 0.269. The van der Waals surface area contributed by atoms with Gasteiger partial charge in [0.15, 0.2) is 0 Å². The Balaban J connectivity index is 1.37. The van der Waals surface area contributed by atoms with Crippen LogP contribution in [-0.4, -0.2) is 75.0 Å². The minimum atomic E-state index is -0.302. The third kappa shape index (κ3) is 3.59. The van der Waals surface area contributed by atoms with E-state index in [9.17, 15) is 0 Å². The van der Waals surface area contributed by atoms with E-state index in [4.69, 9.17) is 4.98 Å². The number of fused-ring (bicyclic) bond motifs is 2. The number of nitrogens with zero attached hydrogens (tertiary/aromatic N) is 6. The van der Waals surface area contributed by atoms with Crippen molar-refractivity contribution >= 4 is 50.7 Å². The summed E-state index contributed by atoms with van der Waals surface area (Å²) in [5, 5.41) is 8.08. The van der Waals surface area contributed by atoms with Crippen molar-refractivity contribution in [2.24, 2.45) is 4.99 Å². The van der Waals surface area contributed by atoms with Gasteiger partial charge in [-0.1, -0.05) is 0 Å². The van der Waals surface area contributed by atoms with Crippen molar-refractivity contribution in [1.29, 1.82) is 0 Å². The van der Waals surface area contributed by atoms with Crippen LogP contribution in [-0.2, 0) is 0 Å². The molecule has 35 heavy (non-hydrogen) atoms. The Labute approximate surface area is 212 Å². The molecule has 3 aliphatic heterocycles. The number of aromatic nitrogens is 3. The summed E-state index contributed by atoms with van der Waals surface area (Å²) >= 11 is 1.42. The van der Waals surface area contributed by atoms with E-state index in [-0.39, 0.29) is 10.4 Å². The predicted molar refractivity (Wildman–Crippen MR) is 142 cm³/mol. The summed E-state index contributed by atoms with van der Waals surface area (Å²) < 4.78 is 17.3. The number of hydrogen-bond acceptors (Lipinski definition) is 5. The minimum absolute atomic E-state index is 0.220. The molecule has 1 aromatic carbocycles. The van der Waals surface area contributed by atoms with Crippen LogP contribution in [0.5, 0.6) is 0 Å². The number of pyridine rings is 1. The molecule has 7 nitrogen and oxygen atoms in total. The summed E-state index contributed by atoms with van der Waals surface area (Å²) in [4.78, 5) is 14.2. The summed E-state index contributed by atoms with van der Waals surface area (Å²) in [5.74, 6) is 0.964. The number of allylic oxidation sites excluding steroid dienone is 2. The molecule has 0 spiro atoms. The van der Waals surface area contributed by atoms with Gasteiger partial charge in [0.25, 0.3) is 0 Å². The molecular weight excluding hydrogens is 504 g/mol. The summed E-state index contributed by atoms with van der Waals surface area (Å²) in [5.41, 5.74) is 3.29. The molecule has 2 aromatic heterocycles. The summed E-state index contributed by atoms with van der Waals surface area (Å²) in [6.45, 7) is 8.47. The van der Waals surface area contributed by atoms with E-state index in [1.165, 1.54) is 16.9 Å². The molecule has 3 aliphatic rings. The monoisotopic (exact) mass is 532 g/mol. The molecule has 0 amide bonds. The zero-order valence-electron chi connectivity index (χ0n) is 19.8. The third-order valence-electron chi connectivity index (χ3n) is 7.17. The summed E-state index contributed by atoms with van der Waals surface area (Å²) in [6.07, 6.45) is 9.02. The average molecular weight is 532 g/mol. The van der Waals surface area contributed by atoms with E-state index in [0.29, 0.717) is 23.3 Å². The second kappa shape index (κ2) is 8.55. The Hall–Kier alpha value is -3.06. The molecule has 2 unspecified atom stereocenters. The van der Waals surface area contributed by atoms with Crippen molar-refractivity contribution in [3.8, 4) is 0 Å². The number of anilines is 1. The second-order valence-corrected chi connectivity index (χ2v) is 10.7. The zero-order valence-corrected chi connectivity index (χ0v) is 22.2. The van der Waals surface area contributed by atoms with Crippen molar-refractivity contribution in [2.75, 3.05) is 31.1 Å². The van der Waals surface area contributed by atoms with Crippen LogP contribution in [0, 0.1) is 0 Å². The molecule has 2 atom stereocenters. The number of aliphatic imine (C=N–C) groups is 1. The molecule has 1 fully saturated rings. The van der Waals surface area contributed by atoms with Crippen molar-refractivity contribution < 1.29 is 4.39 Å². The van der Waals surface area contributed by atoms with Crippen molar-refractivity contribution in [2.45, 2.75) is 19.9 Å². The van der Waals surface area contributed by atoms with Crippen LogP contribution in [0.1, 0.15) is 19.4 Å². The molecule has 1 N–H and O–H groups in total. The van der Waals surface area contributed by atoms with Crippen molar-refractivity contribution in [3.63, 3.8) is 0 Å². The normalized spacial score (nSPS) is 22.7. The first-order chi connectivity index (χ1) is 17.0. The van der Waals surface area contributed by atoms with Crippen LogP contribution in [0.3, 0.4) is 0 Å².